The molecule has 5 rings (SSSR count). The van der Waals surface area contributed by atoms with E-state index in [0.29, 0.717) is 16.4 Å². The quantitative estimate of drug-likeness (QED) is 0.271. The summed E-state index contributed by atoms with van der Waals surface area (Å²) in [6, 6.07) is 10.1. The molecule has 204 valence electrons. The number of nitrogens with zero attached hydrogens (tertiary/aromatic N) is 3. The zero-order chi connectivity index (χ0) is 28.1. The predicted octanol–water partition coefficient (Wildman–Crippen LogP) is 4.26. The van der Waals surface area contributed by atoms with Gasteiger partial charge in [0.1, 0.15) is 18.2 Å². The van der Waals surface area contributed by atoms with Gasteiger partial charge in [0.05, 0.1) is 34.1 Å². The van der Waals surface area contributed by atoms with Crippen molar-refractivity contribution in [1.82, 2.24) is 14.3 Å². The molecular weight excluding hydrogens is 650 g/mol. The molecule has 1 aliphatic rings. The normalized spacial score (nSPS) is 13.6. The summed E-state index contributed by atoms with van der Waals surface area (Å²) in [6.45, 7) is -1.45. The Hall–Kier alpha value is -3.40. The summed E-state index contributed by atoms with van der Waals surface area (Å²) in [6.07, 6.45) is 1.11. The molecule has 1 saturated carbocycles. The highest BCUT2D eigenvalue weighted by Crippen LogP contribution is 2.34. The molecule has 14 heteroatoms. The molecule has 2 aromatic carbocycles. The van der Waals surface area contributed by atoms with E-state index in [-0.39, 0.29) is 33.5 Å². The minimum Gasteiger partial charge on any atom is -0.350 e. The number of alkyl halides is 1. The van der Waals surface area contributed by atoms with Crippen LogP contribution >= 0.6 is 22.6 Å². The Morgan fingerprint density at radius 1 is 1.10 bits per heavy atom. The van der Waals surface area contributed by atoms with Crippen molar-refractivity contribution in [3.05, 3.63) is 78.4 Å². The summed E-state index contributed by atoms with van der Waals surface area (Å²) < 4.78 is 73.2. The predicted molar refractivity (Wildman–Crippen MR) is 151 cm³/mol. The first-order valence-electron chi connectivity index (χ1n) is 11.7. The molecule has 0 radical (unpaired) electrons. The van der Waals surface area contributed by atoms with Gasteiger partial charge < -0.3 is 9.88 Å². The van der Waals surface area contributed by atoms with Gasteiger partial charge in [0, 0.05) is 21.9 Å². The highest BCUT2D eigenvalue weighted by Gasteiger charge is 2.35. The molecule has 2 aromatic heterocycles. The number of pyridine rings is 1. The lowest BCUT2D eigenvalue weighted by molar-refractivity contribution is 0.419. The summed E-state index contributed by atoms with van der Waals surface area (Å²) in [5.74, 6) is -2.08. The summed E-state index contributed by atoms with van der Waals surface area (Å²) in [5, 5.41) is 5.96. The van der Waals surface area contributed by atoms with Gasteiger partial charge in [-0.05, 0) is 65.8 Å². The first kappa shape index (κ1) is 27.2. The van der Waals surface area contributed by atoms with E-state index in [1.54, 1.807) is 18.2 Å². The van der Waals surface area contributed by atoms with Gasteiger partial charge in [0.25, 0.3) is 11.1 Å². The molecule has 1 aliphatic carbocycles. The summed E-state index contributed by atoms with van der Waals surface area (Å²) in [4.78, 5) is 26.4. The first-order chi connectivity index (χ1) is 18.5. The zero-order valence-electron chi connectivity index (χ0n) is 20.3. The van der Waals surface area contributed by atoms with Crippen LogP contribution in [0.2, 0.25) is 0 Å². The smallest absolute Gasteiger partial charge is 0.289 e. The van der Waals surface area contributed by atoms with Crippen molar-refractivity contribution in [3.8, 4) is 11.3 Å². The number of benzene rings is 2. The van der Waals surface area contributed by atoms with Crippen molar-refractivity contribution in [1.29, 1.82) is 0 Å². The van der Waals surface area contributed by atoms with Crippen molar-refractivity contribution in [2.75, 3.05) is 16.7 Å². The number of hydrogen-bond donors (Lipinski definition) is 2. The number of anilines is 3. The number of aryl methyl sites for hydroxylation is 2. The number of sulfonamides is 1. The van der Waals surface area contributed by atoms with Crippen molar-refractivity contribution >= 4 is 60.6 Å². The highest BCUT2D eigenvalue weighted by atomic mass is 127. The van der Waals surface area contributed by atoms with E-state index in [1.807, 2.05) is 22.6 Å². The topological polar surface area (TPSA) is 115 Å². The Bertz CT molecular complexity index is 1860. The minimum atomic E-state index is -3.60. The third kappa shape index (κ3) is 5.14. The molecule has 2 N–H and O–H groups in total. The van der Waals surface area contributed by atoms with Crippen LogP contribution in [0.1, 0.15) is 12.8 Å². The molecule has 0 atom stereocenters. The molecule has 9 nitrogen and oxygen atoms in total. The standard InChI is InChI=1S/C25H21F3IN5O4S/c1-33-23-19(22(20(28)25(33)36)30-18-8-5-14(29)12-17(18)27)24(35)34(10-9-26)31-21(23)13-3-2-4-15(11-13)32-39(37,38)16-6-7-16/h2-5,8,11-12,16,30,32H,6-7,9-10H2,1H3. The van der Waals surface area contributed by atoms with Gasteiger partial charge in [-0.15, -0.1) is 0 Å². The second-order valence-electron chi connectivity index (χ2n) is 9.02. The molecule has 0 bridgehead atoms. The van der Waals surface area contributed by atoms with Crippen molar-refractivity contribution in [2.45, 2.75) is 24.6 Å². The van der Waals surface area contributed by atoms with E-state index in [9.17, 15) is 26.8 Å². The van der Waals surface area contributed by atoms with Gasteiger partial charge in [0.15, 0.2) is 0 Å². The maximum Gasteiger partial charge on any atom is 0.289 e. The van der Waals surface area contributed by atoms with E-state index < -0.39 is 56.9 Å². The molecule has 39 heavy (non-hydrogen) atoms. The fourth-order valence-corrected chi connectivity index (χ4v) is 6.04. The van der Waals surface area contributed by atoms with E-state index >= 15 is 4.39 Å². The Balaban J connectivity index is 1.78. The first-order valence-corrected chi connectivity index (χ1v) is 14.4. The van der Waals surface area contributed by atoms with E-state index in [4.69, 9.17) is 0 Å². The van der Waals surface area contributed by atoms with Gasteiger partial charge in [-0.2, -0.15) is 9.49 Å². The second kappa shape index (κ2) is 10.3. The van der Waals surface area contributed by atoms with Gasteiger partial charge in [0.2, 0.25) is 15.8 Å². The van der Waals surface area contributed by atoms with Gasteiger partial charge in [-0.25, -0.2) is 21.9 Å². The lowest BCUT2D eigenvalue weighted by Gasteiger charge is -2.18. The zero-order valence-corrected chi connectivity index (χ0v) is 23.3. The fourth-order valence-electron chi connectivity index (χ4n) is 4.20. The molecule has 0 spiro atoms. The number of hydrogen-bond acceptors (Lipinski definition) is 6. The van der Waals surface area contributed by atoms with E-state index in [0.717, 1.165) is 9.25 Å². The van der Waals surface area contributed by atoms with Gasteiger partial charge in [-0.3, -0.25) is 14.3 Å². The van der Waals surface area contributed by atoms with E-state index in [1.165, 1.54) is 31.3 Å². The van der Waals surface area contributed by atoms with Crippen molar-refractivity contribution in [3.63, 3.8) is 0 Å². The SMILES string of the molecule is Cn1c(=O)c(F)c(Nc2ccc(I)cc2F)c2c(=O)n(CCF)nc(-c3cccc(NS(=O)(=O)C4CC4)c3)c21. The summed E-state index contributed by atoms with van der Waals surface area (Å²) >= 11 is 1.90. The molecule has 4 aromatic rings. The van der Waals surface area contributed by atoms with Crippen LogP contribution in [0.3, 0.4) is 0 Å². The molecule has 2 heterocycles. The Kier molecular flexibility index (Phi) is 7.17. The van der Waals surface area contributed by atoms with Crippen molar-refractivity contribution < 1.29 is 21.6 Å². The van der Waals surface area contributed by atoms with Crippen LogP contribution in [0.25, 0.3) is 22.2 Å². The Morgan fingerprint density at radius 2 is 1.85 bits per heavy atom. The van der Waals surface area contributed by atoms with Crippen LogP contribution in [-0.2, 0) is 23.6 Å². The van der Waals surface area contributed by atoms with Crippen LogP contribution in [0.5, 0.6) is 0 Å². The van der Waals surface area contributed by atoms with Crippen molar-refractivity contribution in [2.24, 2.45) is 7.05 Å². The lowest BCUT2D eigenvalue weighted by Crippen LogP contribution is -2.31. The van der Waals surface area contributed by atoms with Crippen LogP contribution in [0.4, 0.5) is 30.2 Å². The monoisotopic (exact) mass is 671 g/mol. The average Bonchev–Trinajstić information content (AvgIpc) is 3.74. The lowest BCUT2D eigenvalue weighted by atomic mass is 10.1. The number of nitrogens with one attached hydrogen (secondary N) is 2. The number of fused-ring (bicyclic) bond motifs is 1. The molecule has 0 amide bonds. The second-order valence-corrected chi connectivity index (χ2v) is 12.2. The van der Waals surface area contributed by atoms with Crippen LogP contribution in [0.15, 0.2) is 52.1 Å². The van der Waals surface area contributed by atoms with Gasteiger partial charge in [-0.1, -0.05) is 12.1 Å². The molecular formula is C25H21F3IN5O4S. The molecule has 0 aliphatic heterocycles. The third-order valence-electron chi connectivity index (χ3n) is 6.27. The molecule has 0 unspecified atom stereocenters. The fraction of sp³-hybridized carbons (Fsp3) is 0.240. The number of aromatic nitrogens is 3. The maximum absolute atomic E-state index is 15.4. The summed E-state index contributed by atoms with van der Waals surface area (Å²) in [7, 11) is -2.36. The van der Waals surface area contributed by atoms with Crippen LogP contribution in [0, 0.1) is 15.2 Å². The van der Waals surface area contributed by atoms with E-state index in [2.05, 4.69) is 15.1 Å². The third-order valence-corrected chi connectivity index (χ3v) is 8.81. The molecule has 1 fully saturated rings. The number of rotatable bonds is 8. The Labute approximate surface area is 233 Å². The van der Waals surface area contributed by atoms with Crippen LogP contribution in [-0.4, -0.2) is 34.7 Å². The summed E-state index contributed by atoms with van der Waals surface area (Å²) in [5.41, 5.74) is -2.41. The number of halogens is 4. The molecule has 0 saturated heterocycles. The highest BCUT2D eigenvalue weighted by molar-refractivity contribution is 14.1. The average molecular weight is 671 g/mol. The largest absolute Gasteiger partial charge is 0.350 e. The Morgan fingerprint density at radius 3 is 2.51 bits per heavy atom. The van der Waals surface area contributed by atoms with Crippen LogP contribution < -0.4 is 21.2 Å². The minimum absolute atomic E-state index is 0.00347. The van der Waals surface area contributed by atoms with Gasteiger partial charge >= 0.3 is 0 Å². The maximum atomic E-state index is 15.4.